The molecule has 25 heavy (non-hydrogen) atoms. The molecular formula is C17H21F3N4O. The second-order valence-corrected chi connectivity index (χ2v) is 6.70. The normalized spacial score (nSPS) is 12.3. The molecule has 8 heteroatoms. The van der Waals surface area contributed by atoms with Crippen LogP contribution in [-0.2, 0) is 11.0 Å². The van der Waals surface area contributed by atoms with Crippen LogP contribution in [0.5, 0.6) is 0 Å². The zero-order valence-electron chi connectivity index (χ0n) is 14.6. The van der Waals surface area contributed by atoms with Crippen LogP contribution in [0.2, 0.25) is 0 Å². The van der Waals surface area contributed by atoms with Crippen molar-refractivity contribution < 1.29 is 18.0 Å². The highest BCUT2D eigenvalue weighted by atomic mass is 19.4. The lowest BCUT2D eigenvalue weighted by Gasteiger charge is -2.26. The number of amides is 1. The number of nitrogens with one attached hydrogen (secondary N) is 1. The Morgan fingerprint density at radius 1 is 1.16 bits per heavy atom. The number of carbonyl (C=O) groups is 1. The van der Waals surface area contributed by atoms with Crippen LogP contribution in [0.25, 0.3) is 10.9 Å². The fourth-order valence-corrected chi connectivity index (χ4v) is 2.40. The summed E-state index contributed by atoms with van der Waals surface area (Å²) in [6.07, 6.45) is -4.66. The molecule has 1 aromatic heterocycles. The van der Waals surface area contributed by atoms with E-state index in [0.29, 0.717) is 11.9 Å². The van der Waals surface area contributed by atoms with Gasteiger partial charge in [-0.05, 0) is 39.8 Å². The third-order valence-electron chi connectivity index (χ3n) is 3.37. The molecule has 0 bridgehead atoms. The monoisotopic (exact) mass is 354 g/mol. The van der Waals surface area contributed by atoms with Gasteiger partial charge in [0.1, 0.15) is 5.82 Å². The number of hydrogen-bond donors (Lipinski definition) is 1. The zero-order valence-corrected chi connectivity index (χ0v) is 14.6. The van der Waals surface area contributed by atoms with E-state index in [9.17, 15) is 18.0 Å². The van der Waals surface area contributed by atoms with Gasteiger partial charge in [0.25, 0.3) is 0 Å². The number of hydrogen-bond acceptors (Lipinski definition) is 4. The van der Waals surface area contributed by atoms with Crippen molar-refractivity contribution in [3.05, 3.63) is 30.1 Å². The quantitative estimate of drug-likeness (QED) is 0.914. The first-order valence-electron chi connectivity index (χ1n) is 7.91. The number of likely N-dealkylation sites (N-methyl/N-ethyl adjacent to an activating group) is 1. The number of benzene rings is 1. The summed E-state index contributed by atoms with van der Waals surface area (Å²) in [6.45, 7) is 7.51. The van der Waals surface area contributed by atoms with E-state index >= 15 is 0 Å². The topological polar surface area (TPSA) is 58.1 Å². The Morgan fingerprint density at radius 2 is 1.80 bits per heavy atom. The van der Waals surface area contributed by atoms with Crippen molar-refractivity contribution in [3.63, 3.8) is 0 Å². The summed E-state index contributed by atoms with van der Waals surface area (Å²) >= 11 is 0. The van der Waals surface area contributed by atoms with Crippen molar-refractivity contribution in [2.24, 2.45) is 0 Å². The smallest absolute Gasteiger partial charge is 0.350 e. The minimum absolute atomic E-state index is 0.0912. The van der Waals surface area contributed by atoms with Crippen LogP contribution in [0.1, 0.15) is 33.5 Å². The summed E-state index contributed by atoms with van der Waals surface area (Å²) in [7, 11) is 0. The second kappa shape index (κ2) is 6.85. The van der Waals surface area contributed by atoms with Gasteiger partial charge in [-0.1, -0.05) is 12.1 Å². The molecule has 1 amide bonds. The third-order valence-corrected chi connectivity index (χ3v) is 3.37. The molecule has 0 saturated carbocycles. The molecule has 2 rings (SSSR count). The molecule has 0 spiro atoms. The molecule has 0 saturated heterocycles. The van der Waals surface area contributed by atoms with Gasteiger partial charge in [0.2, 0.25) is 11.7 Å². The van der Waals surface area contributed by atoms with Crippen LogP contribution in [0.15, 0.2) is 24.3 Å². The standard InChI is InChI=1S/C17H21F3N4O/c1-5-24(10-13(25)23-16(2,3)4)14-11-8-6-7-9-12(11)21-15(22-14)17(18,19)20/h6-9H,5,10H2,1-4H3,(H,23,25). The van der Waals surface area contributed by atoms with Crippen LogP contribution in [0, 0.1) is 0 Å². The van der Waals surface area contributed by atoms with Crippen molar-refractivity contribution in [2.75, 3.05) is 18.0 Å². The zero-order chi connectivity index (χ0) is 18.8. The van der Waals surface area contributed by atoms with Gasteiger partial charge < -0.3 is 10.2 Å². The van der Waals surface area contributed by atoms with E-state index in [0.717, 1.165) is 0 Å². The van der Waals surface area contributed by atoms with E-state index in [1.807, 2.05) is 20.8 Å². The lowest BCUT2D eigenvalue weighted by Crippen LogP contribution is -2.46. The van der Waals surface area contributed by atoms with E-state index < -0.39 is 17.5 Å². The van der Waals surface area contributed by atoms with Crippen LogP contribution in [-0.4, -0.2) is 34.5 Å². The molecule has 0 unspecified atom stereocenters. The summed E-state index contributed by atoms with van der Waals surface area (Å²) in [4.78, 5) is 21.0. The largest absolute Gasteiger partial charge is 0.451 e. The van der Waals surface area contributed by atoms with Gasteiger partial charge in [0.05, 0.1) is 12.1 Å². The lowest BCUT2D eigenvalue weighted by atomic mass is 10.1. The maximum atomic E-state index is 13.1. The Balaban J connectivity index is 2.47. The molecular weight excluding hydrogens is 333 g/mol. The molecule has 1 aromatic carbocycles. The first kappa shape index (κ1) is 19.0. The van der Waals surface area contributed by atoms with E-state index in [4.69, 9.17) is 0 Å². The highest BCUT2D eigenvalue weighted by molar-refractivity contribution is 5.91. The van der Waals surface area contributed by atoms with E-state index in [1.54, 1.807) is 25.1 Å². The van der Waals surface area contributed by atoms with Crippen LogP contribution in [0.3, 0.4) is 0 Å². The van der Waals surface area contributed by atoms with Crippen molar-refractivity contribution in [1.82, 2.24) is 15.3 Å². The summed E-state index contributed by atoms with van der Waals surface area (Å²) < 4.78 is 39.4. The molecule has 0 aliphatic heterocycles. The van der Waals surface area contributed by atoms with Gasteiger partial charge in [-0.15, -0.1) is 0 Å². The number of carbonyl (C=O) groups excluding carboxylic acids is 1. The summed E-state index contributed by atoms with van der Waals surface area (Å²) in [6, 6.07) is 6.46. The molecule has 136 valence electrons. The predicted molar refractivity (Wildman–Crippen MR) is 90.3 cm³/mol. The third kappa shape index (κ3) is 4.80. The average Bonchev–Trinajstić information content (AvgIpc) is 2.49. The Bertz CT molecular complexity index is 769. The van der Waals surface area contributed by atoms with Crippen LogP contribution < -0.4 is 10.2 Å². The Morgan fingerprint density at radius 3 is 2.36 bits per heavy atom. The van der Waals surface area contributed by atoms with Crippen molar-refractivity contribution in [3.8, 4) is 0 Å². The molecule has 0 atom stereocenters. The lowest BCUT2D eigenvalue weighted by molar-refractivity contribution is -0.144. The van der Waals surface area contributed by atoms with Gasteiger partial charge in [0, 0.05) is 17.5 Å². The number of rotatable bonds is 4. The number of anilines is 1. The SMILES string of the molecule is CCN(CC(=O)NC(C)(C)C)c1nc(C(F)(F)F)nc2ccccc12. The predicted octanol–water partition coefficient (Wildman–Crippen LogP) is 3.39. The van der Waals surface area contributed by atoms with Gasteiger partial charge in [0.15, 0.2) is 0 Å². The number of para-hydroxylation sites is 1. The number of halogens is 3. The van der Waals surface area contributed by atoms with Gasteiger partial charge in [-0.3, -0.25) is 4.79 Å². The van der Waals surface area contributed by atoms with Crippen molar-refractivity contribution in [2.45, 2.75) is 39.4 Å². The van der Waals surface area contributed by atoms with Gasteiger partial charge in [-0.25, -0.2) is 9.97 Å². The second-order valence-electron chi connectivity index (χ2n) is 6.70. The summed E-state index contributed by atoms with van der Waals surface area (Å²) in [5.41, 5.74) is -0.240. The highest BCUT2D eigenvalue weighted by Gasteiger charge is 2.36. The molecule has 0 aliphatic carbocycles. The molecule has 0 radical (unpaired) electrons. The Kier molecular flexibility index (Phi) is 5.20. The fourth-order valence-electron chi connectivity index (χ4n) is 2.40. The number of alkyl halides is 3. The molecule has 5 nitrogen and oxygen atoms in total. The molecule has 1 heterocycles. The Labute approximate surface area is 144 Å². The van der Waals surface area contributed by atoms with E-state index in [-0.39, 0.29) is 23.8 Å². The van der Waals surface area contributed by atoms with Gasteiger partial charge >= 0.3 is 6.18 Å². The first-order chi connectivity index (χ1) is 11.5. The first-order valence-corrected chi connectivity index (χ1v) is 7.91. The Hall–Kier alpha value is -2.38. The number of fused-ring (bicyclic) bond motifs is 1. The average molecular weight is 354 g/mol. The van der Waals surface area contributed by atoms with Crippen molar-refractivity contribution >= 4 is 22.6 Å². The molecule has 1 N–H and O–H groups in total. The van der Waals surface area contributed by atoms with Crippen molar-refractivity contribution in [1.29, 1.82) is 0 Å². The molecule has 0 aliphatic rings. The molecule has 0 fully saturated rings. The number of aromatic nitrogens is 2. The highest BCUT2D eigenvalue weighted by Crippen LogP contribution is 2.31. The maximum Gasteiger partial charge on any atom is 0.451 e. The van der Waals surface area contributed by atoms with Crippen LogP contribution >= 0.6 is 0 Å². The van der Waals surface area contributed by atoms with Gasteiger partial charge in [-0.2, -0.15) is 13.2 Å². The maximum absolute atomic E-state index is 13.1. The molecule has 2 aromatic rings. The summed E-state index contributed by atoms with van der Waals surface area (Å²) in [5.74, 6) is -1.40. The van der Waals surface area contributed by atoms with Crippen LogP contribution in [0.4, 0.5) is 19.0 Å². The number of nitrogens with zero attached hydrogens (tertiary/aromatic N) is 3. The minimum Gasteiger partial charge on any atom is -0.350 e. The summed E-state index contributed by atoms with van der Waals surface area (Å²) in [5, 5.41) is 3.27. The van der Waals surface area contributed by atoms with E-state index in [2.05, 4.69) is 15.3 Å². The fraction of sp³-hybridized carbons (Fsp3) is 0.471. The van der Waals surface area contributed by atoms with E-state index in [1.165, 1.54) is 11.0 Å². The minimum atomic E-state index is -4.66.